The van der Waals surface area contributed by atoms with E-state index in [1.54, 1.807) is 0 Å². The number of nitrogens with zero attached hydrogens (tertiary/aromatic N) is 1. The van der Waals surface area contributed by atoms with Crippen LogP contribution >= 0.6 is 0 Å². The Morgan fingerprint density at radius 3 is 2.30 bits per heavy atom. The highest BCUT2D eigenvalue weighted by Gasteiger charge is 2.32. The highest BCUT2D eigenvalue weighted by molar-refractivity contribution is 6.08. The van der Waals surface area contributed by atoms with Crippen molar-refractivity contribution in [2.75, 3.05) is 33.3 Å². The van der Waals surface area contributed by atoms with Gasteiger partial charge in [-0.1, -0.05) is 6.07 Å². The highest BCUT2D eigenvalue weighted by atomic mass is 19.4. The topological polar surface area (TPSA) is 109 Å². The van der Waals surface area contributed by atoms with E-state index in [0.717, 1.165) is 19.2 Å². The molecule has 1 amide bonds. The molecule has 30 heavy (non-hydrogen) atoms. The molecule has 0 atom stereocenters. The first-order valence-corrected chi connectivity index (χ1v) is 8.19. The van der Waals surface area contributed by atoms with Gasteiger partial charge in [0.1, 0.15) is 11.3 Å². The van der Waals surface area contributed by atoms with Crippen LogP contribution in [0.4, 0.5) is 24.5 Å². The lowest BCUT2D eigenvalue weighted by Crippen LogP contribution is -2.19. The van der Waals surface area contributed by atoms with Gasteiger partial charge in [-0.2, -0.15) is 13.2 Å². The summed E-state index contributed by atoms with van der Waals surface area (Å²) in [6.45, 7) is -1.51. The number of hydrogen-bond acceptors (Lipinski definition) is 7. The number of carbonyl (C=O) groups excluding carboxylic acids is 1. The molecule has 0 bridgehead atoms. The fourth-order valence-electron chi connectivity index (χ4n) is 2.52. The predicted molar refractivity (Wildman–Crippen MR) is 98.7 cm³/mol. The Balaban J connectivity index is 2.41. The molecule has 0 saturated heterocycles. The third-order valence-corrected chi connectivity index (χ3v) is 3.73. The van der Waals surface area contributed by atoms with E-state index in [0.29, 0.717) is 0 Å². The molecule has 1 N–H and O–H groups in total. The maximum Gasteiger partial charge on any atom is 0.422 e. The van der Waals surface area contributed by atoms with Gasteiger partial charge in [0.15, 0.2) is 12.4 Å². The Hall–Kier alpha value is -3.70. The number of nitro benzene ring substituents is 1. The van der Waals surface area contributed by atoms with Crippen molar-refractivity contribution in [1.82, 2.24) is 0 Å². The summed E-state index contributed by atoms with van der Waals surface area (Å²) in [5.41, 5.74) is -1.02. The summed E-state index contributed by atoms with van der Waals surface area (Å²) in [4.78, 5) is 23.5. The van der Waals surface area contributed by atoms with Gasteiger partial charge in [0, 0.05) is 17.8 Å². The molecule has 0 saturated carbocycles. The lowest BCUT2D eigenvalue weighted by molar-refractivity contribution is -0.386. The van der Waals surface area contributed by atoms with E-state index in [4.69, 9.17) is 14.2 Å². The first-order chi connectivity index (χ1) is 14.1. The van der Waals surface area contributed by atoms with E-state index < -0.39 is 34.9 Å². The molecule has 0 aliphatic rings. The number of alkyl halides is 3. The SMILES string of the molecule is COc1cc(C(=O)Nc2cccc(OCC(F)(F)F)c2)c([N+](=O)[O-])c(OC)c1OC. The molecule has 2 rings (SSSR count). The molecule has 2 aromatic carbocycles. The number of methoxy groups -OCH3 is 3. The maximum atomic E-state index is 12.7. The van der Waals surface area contributed by atoms with Crippen molar-refractivity contribution in [3.8, 4) is 23.0 Å². The Bertz CT molecular complexity index is 948. The fourth-order valence-corrected chi connectivity index (χ4v) is 2.52. The Labute approximate surface area is 168 Å². The quantitative estimate of drug-likeness (QED) is 0.501. The van der Waals surface area contributed by atoms with E-state index in [1.807, 2.05) is 0 Å². The molecule has 0 radical (unpaired) electrons. The molecule has 0 spiro atoms. The number of hydrogen-bond donors (Lipinski definition) is 1. The summed E-state index contributed by atoms with van der Waals surface area (Å²) in [6.07, 6.45) is -4.53. The van der Waals surface area contributed by atoms with Gasteiger partial charge < -0.3 is 24.3 Å². The van der Waals surface area contributed by atoms with Crippen LogP contribution in [0.15, 0.2) is 30.3 Å². The first-order valence-electron chi connectivity index (χ1n) is 8.19. The van der Waals surface area contributed by atoms with Crippen molar-refractivity contribution in [2.45, 2.75) is 6.18 Å². The summed E-state index contributed by atoms with van der Waals surface area (Å²) in [5, 5.41) is 14.0. The van der Waals surface area contributed by atoms with E-state index in [2.05, 4.69) is 10.1 Å². The summed E-state index contributed by atoms with van der Waals surface area (Å²) >= 11 is 0. The van der Waals surface area contributed by atoms with Crippen molar-refractivity contribution < 1.29 is 41.8 Å². The fraction of sp³-hybridized carbons (Fsp3) is 0.278. The largest absolute Gasteiger partial charge is 0.493 e. The predicted octanol–water partition coefficient (Wildman–Crippen LogP) is 3.81. The zero-order chi connectivity index (χ0) is 22.5. The van der Waals surface area contributed by atoms with Crippen LogP contribution in [-0.2, 0) is 0 Å². The van der Waals surface area contributed by atoms with E-state index in [-0.39, 0.29) is 28.7 Å². The van der Waals surface area contributed by atoms with Crippen LogP contribution in [0, 0.1) is 10.1 Å². The number of benzene rings is 2. The number of rotatable bonds is 8. The molecule has 0 unspecified atom stereocenters. The molecule has 0 aromatic heterocycles. The molecule has 0 aliphatic heterocycles. The van der Waals surface area contributed by atoms with Gasteiger partial charge in [0.05, 0.1) is 26.3 Å². The number of amides is 1. The van der Waals surface area contributed by atoms with Crippen LogP contribution in [0.25, 0.3) is 0 Å². The molecule has 0 heterocycles. The molecule has 0 fully saturated rings. The minimum absolute atomic E-state index is 0.00682. The summed E-state index contributed by atoms with van der Waals surface area (Å²) in [6, 6.07) is 6.24. The zero-order valence-electron chi connectivity index (χ0n) is 16.0. The molecule has 2 aromatic rings. The van der Waals surface area contributed by atoms with Gasteiger partial charge in [0.25, 0.3) is 5.91 Å². The molecular weight excluding hydrogens is 413 g/mol. The highest BCUT2D eigenvalue weighted by Crippen LogP contribution is 2.46. The average Bonchev–Trinajstić information content (AvgIpc) is 2.69. The van der Waals surface area contributed by atoms with Gasteiger partial charge in [-0.15, -0.1) is 0 Å². The monoisotopic (exact) mass is 430 g/mol. The minimum Gasteiger partial charge on any atom is -0.493 e. The smallest absolute Gasteiger partial charge is 0.422 e. The van der Waals surface area contributed by atoms with E-state index in [9.17, 15) is 28.1 Å². The molecular formula is C18H17F3N2O7. The second kappa shape index (κ2) is 9.20. The zero-order valence-corrected chi connectivity index (χ0v) is 16.0. The Morgan fingerprint density at radius 1 is 1.10 bits per heavy atom. The van der Waals surface area contributed by atoms with Crippen LogP contribution in [0.5, 0.6) is 23.0 Å². The van der Waals surface area contributed by atoms with Crippen LogP contribution in [0.2, 0.25) is 0 Å². The van der Waals surface area contributed by atoms with Crippen LogP contribution in [-0.4, -0.2) is 44.9 Å². The van der Waals surface area contributed by atoms with Crippen molar-refractivity contribution in [2.24, 2.45) is 0 Å². The number of ether oxygens (including phenoxy) is 4. The third-order valence-electron chi connectivity index (χ3n) is 3.73. The van der Waals surface area contributed by atoms with Crippen LogP contribution in [0.1, 0.15) is 10.4 Å². The van der Waals surface area contributed by atoms with Gasteiger partial charge in [-0.05, 0) is 12.1 Å². The van der Waals surface area contributed by atoms with Crippen molar-refractivity contribution >= 4 is 17.3 Å². The number of anilines is 1. The van der Waals surface area contributed by atoms with Gasteiger partial charge >= 0.3 is 11.9 Å². The van der Waals surface area contributed by atoms with Crippen molar-refractivity contribution in [3.63, 3.8) is 0 Å². The lowest BCUT2D eigenvalue weighted by atomic mass is 10.1. The number of carbonyl (C=O) groups is 1. The third kappa shape index (κ3) is 5.21. The normalized spacial score (nSPS) is 10.9. The van der Waals surface area contributed by atoms with Crippen molar-refractivity contribution in [3.05, 3.63) is 46.0 Å². The molecule has 9 nitrogen and oxygen atoms in total. The second-order valence-corrected chi connectivity index (χ2v) is 5.68. The summed E-state index contributed by atoms with van der Waals surface area (Å²) < 4.78 is 56.8. The maximum absolute atomic E-state index is 12.7. The average molecular weight is 430 g/mol. The molecule has 12 heteroatoms. The first kappa shape index (κ1) is 22.6. The minimum atomic E-state index is -4.53. The number of nitro groups is 1. The second-order valence-electron chi connectivity index (χ2n) is 5.68. The molecule has 0 aliphatic carbocycles. The standard InChI is InChI=1S/C18H17F3N2O7/c1-27-13-8-12(14(23(25)26)16(29-3)15(13)28-2)17(24)22-10-5-4-6-11(7-10)30-9-18(19,20)21/h4-8H,9H2,1-3H3,(H,22,24). The number of halogens is 3. The van der Waals surface area contributed by atoms with E-state index >= 15 is 0 Å². The van der Waals surface area contributed by atoms with Crippen molar-refractivity contribution in [1.29, 1.82) is 0 Å². The van der Waals surface area contributed by atoms with Gasteiger partial charge in [-0.3, -0.25) is 14.9 Å². The van der Waals surface area contributed by atoms with Crippen LogP contribution in [0.3, 0.4) is 0 Å². The van der Waals surface area contributed by atoms with E-state index in [1.165, 1.54) is 32.4 Å². The Morgan fingerprint density at radius 2 is 1.77 bits per heavy atom. The van der Waals surface area contributed by atoms with Gasteiger partial charge in [-0.25, -0.2) is 0 Å². The lowest BCUT2D eigenvalue weighted by Gasteiger charge is -2.15. The number of nitrogens with one attached hydrogen (secondary N) is 1. The van der Waals surface area contributed by atoms with Gasteiger partial charge in [0.2, 0.25) is 11.5 Å². The summed E-state index contributed by atoms with van der Waals surface area (Å²) in [7, 11) is 3.68. The molecule has 162 valence electrons. The Kier molecular flexibility index (Phi) is 6.93. The summed E-state index contributed by atoms with van der Waals surface area (Å²) in [5.74, 6) is -1.47. The van der Waals surface area contributed by atoms with Crippen LogP contribution < -0.4 is 24.3 Å².